The number of carbonyl (C=O) groups is 2. The molecule has 0 saturated heterocycles. The van der Waals surface area contributed by atoms with Gasteiger partial charge in [0.15, 0.2) is 0 Å². The summed E-state index contributed by atoms with van der Waals surface area (Å²) >= 11 is 0. The topological polar surface area (TPSA) is 75.4 Å². The molecule has 0 bridgehead atoms. The van der Waals surface area contributed by atoms with E-state index in [9.17, 15) is 14.0 Å². The minimum absolute atomic E-state index is 0.00330. The first-order chi connectivity index (χ1) is 11.4. The highest BCUT2D eigenvalue weighted by Gasteiger charge is 2.19. The fourth-order valence-electron chi connectivity index (χ4n) is 2.36. The summed E-state index contributed by atoms with van der Waals surface area (Å²) in [5, 5.41) is 2.68. The number of halogens is 1. The van der Waals surface area contributed by atoms with Gasteiger partial charge in [-0.1, -0.05) is 12.8 Å². The molecule has 0 aliphatic rings. The third kappa shape index (κ3) is 7.55. The van der Waals surface area contributed by atoms with Crippen molar-refractivity contribution < 1.29 is 14.0 Å². The zero-order valence-electron chi connectivity index (χ0n) is 14.6. The van der Waals surface area contributed by atoms with Crippen molar-refractivity contribution in [2.45, 2.75) is 52.0 Å². The first-order valence-corrected chi connectivity index (χ1v) is 8.49. The van der Waals surface area contributed by atoms with Crippen molar-refractivity contribution in [1.29, 1.82) is 0 Å². The van der Waals surface area contributed by atoms with Gasteiger partial charge in [0.2, 0.25) is 11.8 Å². The highest BCUT2D eigenvalue weighted by atomic mass is 19.1. The SMILES string of the molecule is CC(C)N(CC(=O)Nc1ccc(F)cc1)C(=O)CCCCCCN. The van der Waals surface area contributed by atoms with Crippen molar-refractivity contribution in [3.63, 3.8) is 0 Å². The van der Waals surface area contributed by atoms with E-state index in [0.717, 1.165) is 25.7 Å². The van der Waals surface area contributed by atoms with Crippen molar-refractivity contribution in [1.82, 2.24) is 4.90 Å². The maximum atomic E-state index is 12.9. The number of nitrogens with two attached hydrogens (primary N) is 1. The largest absolute Gasteiger partial charge is 0.331 e. The van der Waals surface area contributed by atoms with Gasteiger partial charge in [-0.3, -0.25) is 9.59 Å². The lowest BCUT2D eigenvalue weighted by Crippen LogP contribution is -2.42. The smallest absolute Gasteiger partial charge is 0.244 e. The number of anilines is 1. The molecule has 0 unspecified atom stereocenters. The predicted molar refractivity (Wildman–Crippen MR) is 94.0 cm³/mol. The van der Waals surface area contributed by atoms with Crippen molar-refractivity contribution in [3.05, 3.63) is 30.1 Å². The van der Waals surface area contributed by atoms with Crippen molar-refractivity contribution in [2.75, 3.05) is 18.4 Å². The average Bonchev–Trinajstić information content (AvgIpc) is 2.54. The summed E-state index contributed by atoms with van der Waals surface area (Å²) < 4.78 is 12.9. The zero-order chi connectivity index (χ0) is 17.9. The molecule has 0 radical (unpaired) electrons. The van der Waals surface area contributed by atoms with E-state index >= 15 is 0 Å². The summed E-state index contributed by atoms with van der Waals surface area (Å²) in [6.07, 6.45) is 4.21. The van der Waals surface area contributed by atoms with Crippen LogP contribution in [0.1, 0.15) is 46.0 Å². The Bertz CT molecular complexity index is 518. The normalized spacial score (nSPS) is 10.7. The van der Waals surface area contributed by atoms with Crippen LogP contribution in [0.25, 0.3) is 0 Å². The zero-order valence-corrected chi connectivity index (χ0v) is 14.6. The van der Waals surface area contributed by atoms with Gasteiger partial charge in [-0.05, 0) is 57.5 Å². The fraction of sp³-hybridized carbons (Fsp3) is 0.556. The van der Waals surface area contributed by atoms with Crippen LogP contribution >= 0.6 is 0 Å². The van der Waals surface area contributed by atoms with E-state index in [1.165, 1.54) is 24.3 Å². The van der Waals surface area contributed by atoms with Crippen LogP contribution in [-0.4, -0.2) is 35.8 Å². The van der Waals surface area contributed by atoms with Crippen LogP contribution in [0.15, 0.2) is 24.3 Å². The number of unbranched alkanes of at least 4 members (excludes halogenated alkanes) is 3. The van der Waals surface area contributed by atoms with E-state index in [2.05, 4.69) is 5.32 Å². The van der Waals surface area contributed by atoms with Crippen molar-refractivity contribution in [2.24, 2.45) is 5.73 Å². The van der Waals surface area contributed by atoms with Crippen molar-refractivity contribution in [3.8, 4) is 0 Å². The van der Waals surface area contributed by atoms with E-state index in [4.69, 9.17) is 5.73 Å². The molecule has 1 aromatic carbocycles. The lowest BCUT2D eigenvalue weighted by Gasteiger charge is -2.26. The molecule has 0 saturated carbocycles. The molecule has 6 heteroatoms. The third-order valence-corrected chi connectivity index (χ3v) is 3.73. The Hall–Kier alpha value is -1.95. The highest BCUT2D eigenvalue weighted by Crippen LogP contribution is 2.11. The highest BCUT2D eigenvalue weighted by molar-refractivity contribution is 5.94. The van der Waals surface area contributed by atoms with Gasteiger partial charge in [-0.15, -0.1) is 0 Å². The summed E-state index contributed by atoms with van der Waals surface area (Å²) in [5.74, 6) is -0.666. The van der Waals surface area contributed by atoms with Gasteiger partial charge < -0.3 is 16.0 Å². The number of rotatable bonds is 10. The molecule has 134 valence electrons. The summed E-state index contributed by atoms with van der Waals surface area (Å²) in [5.41, 5.74) is 5.96. The minimum atomic E-state index is -0.360. The average molecular weight is 337 g/mol. The number of carbonyl (C=O) groups excluding carboxylic acids is 2. The molecule has 1 aromatic rings. The summed E-state index contributed by atoms with van der Waals surface area (Å²) in [7, 11) is 0. The second kappa shape index (κ2) is 10.8. The second-order valence-corrected chi connectivity index (χ2v) is 6.12. The van der Waals surface area contributed by atoms with Crippen LogP contribution in [0, 0.1) is 5.82 Å². The molecule has 0 aliphatic carbocycles. The Labute approximate surface area is 143 Å². The molecule has 0 atom stereocenters. The van der Waals surface area contributed by atoms with Gasteiger partial charge in [-0.2, -0.15) is 0 Å². The maximum Gasteiger partial charge on any atom is 0.244 e. The molecule has 0 aromatic heterocycles. The van der Waals surface area contributed by atoms with E-state index in [1.807, 2.05) is 13.8 Å². The Morgan fingerprint density at radius 1 is 1.12 bits per heavy atom. The molecular formula is C18H28FN3O2. The van der Waals surface area contributed by atoms with Crippen LogP contribution in [0.5, 0.6) is 0 Å². The Morgan fingerprint density at radius 2 is 1.75 bits per heavy atom. The number of nitrogens with zero attached hydrogens (tertiary/aromatic N) is 1. The third-order valence-electron chi connectivity index (χ3n) is 3.73. The standard InChI is InChI=1S/C18H28FN3O2/c1-14(2)22(18(24)7-5-3-4-6-12-20)13-17(23)21-16-10-8-15(19)9-11-16/h8-11,14H,3-7,12-13,20H2,1-2H3,(H,21,23). The summed E-state index contributed by atoms with van der Waals surface area (Å²) in [6, 6.07) is 5.49. The first kappa shape index (κ1) is 20.1. The predicted octanol–water partition coefficient (Wildman–Crippen LogP) is 2.91. The Morgan fingerprint density at radius 3 is 2.33 bits per heavy atom. The molecular weight excluding hydrogens is 309 g/mol. The molecule has 0 aliphatic heterocycles. The lowest BCUT2D eigenvalue weighted by atomic mass is 10.1. The van der Waals surface area contributed by atoms with Crippen LogP contribution in [0.3, 0.4) is 0 Å². The molecule has 0 spiro atoms. The van der Waals surface area contributed by atoms with Gasteiger partial charge in [0.05, 0.1) is 0 Å². The van der Waals surface area contributed by atoms with Gasteiger partial charge in [0.25, 0.3) is 0 Å². The van der Waals surface area contributed by atoms with Gasteiger partial charge >= 0.3 is 0 Å². The number of hydrogen-bond donors (Lipinski definition) is 2. The van der Waals surface area contributed by atoms with Crippen LogP contribution in [0.2, 0.25) is 0 Å². The molecule has 0 heterocycles. The number of nitrogens with one attached hydrogen (secondary N) is 1. The van der Waals surface area contributed by atoms with E-state index in [-0.39, 0.29) is 30.2 Å². The number of hydrogen-bond acceptors (Lipinski definition) is 3. The molecule has 3 N–H and O–H groups in total. The van der Waals surface area contributed by atoms with Crippen LogP contribution in [-0.2, 0) is 9.59 Å². The van der Waals surface area contributed by atoms with Gasteiger partial charge in [0.1, 0.15) is 12.4 Å². The summed E-state index contributed by atoms with van der Waals surface area (Å²) in [6.45, 7) is 4.45. The Balaban J connectivity index is 2.47. The van der Waals surface area contributed by atoms with Crippen LogP contribution < -0.4 is 11.1 Å². The molecule has 24 heavy (non-hydrogen) atoms. The number of amides is 2. The van der Waals surface area contributed by atoms with E-state index < -0.39 is 0 Å². The fourth-order valence-corrected chi connectivity index (χ4v) is 2.36. The van der Waals surface area contributed by atoms with E-state index in [1.54, 1.807) is 4.90 Å². The molecule has 5 nitrogen and oxygen atoms in total. The van der Waals surface area contributed by atoms with Gasteiger partial charge in [-0.25, -0.2) is 4.39 Å². The second-order valence-electron chi connectivity index (χ2n) is 6.12. The lowest BCUT2D eigenvalue weighted by molar-refractivity contribution is -0.136. The summed E-state index contributed by atoms with van der Waals surface area (Å²) in [4.78, 5) is 26.0. The van der Waals surface area contributed by atoms with Crippen LogP contribution in [0.4, 0.5) is 10.1 Å². The molecule has 2 amide bonds. The first-order valence-electron chi connectivity index (χ1n) is 8.49. The van der Waals surface area contributed by atoms with Crippen molar-refractivity contribution >= 4 is 17.5 Å². The van der Waals surface area contributed by atoms with Gasteiger partial charge in [0, 0.05) is 18.2 Å². The molecule has 1 rings (SSSR count). The number of benzene rings is 1. The quantitative estimate of drug-likeness (QED) is 0.645. The monoisotopic (exact) mass is 337 g/mol. The minimum Gasteiger partial charge on any atom is -0.331 e. The van der Waals surface area contributed by atoms with E-state index in [0.29, 0.717) is 18.7 Å². The maximum absolute atomic E-state index is 12.9. The Kier molecular flexibility index (Phi) is 9.01. The molecule has 0 fully saturated rings.